The maximum atomic E-state index is 12.1. The van der Waals surface area contributed by atoms with Crippen LogP contribution in [0.25, 0.3) is 0 Å². The molecule has 1 aliphatic carbocycles. The summed E-state index contributed by atoms with van der Waals surface area (Å²) < 4.78 is 25.4. The van der Waals surface area contributed by atoms with Gasteiger partial charge in [-0.05, 0) is 37.0 Å². The molecule has 0 aromatic heterocycles. The molecule has 0 radical (unpaired) electrons. The highest BCUT2D eigenvalue weighted by Gasteiger charge is 2.20. The minimum absolute atomic E-state index is 0.265. The van der Waals surface area contributed by atoms with E-state index in [-0.39, 0.29) is 4.90 Å². The van der Waals surface area contributed by atoms with Gasteiger partial charge < -0.3 is 11.1 Å². The van der Waals surface area contributed by atoms with Gasteiger partial charge in [0.1, 0.15) is 0 Å². The number of nitrogens with two attached hydrogens (primary N) is 1. The fourth-order valence-electron chi connectivity index (χ4n) is 2.08. The molecule has 5 nitrogen and oxygen atoms in total. The molecule has 112 valence electrons. The Balaban J connectivity index is 2.03. The summed E-state index contributed by atoms with van der Waals surface area (Å²) in [5.41, 5.74) is 7.17. The largest absolute Gasteiger partial charge is 0.397 e. The van der Waals surface area contributed by atoms with Gasteiger partial charge in [0.25, 0.3) is 0 Å². The van der Waals surface area contributed by atoms with Gasteiger partial charge in [0.2, 0.25) is 10.0 Å². The van der Waals surface area contributed by atoms with Crippen LogP contribution in [0.1, 0.15) is 25.7 Å². The second kappa shape index (κ2) is 6.01. The van der Waals surface area contributed by atoms with Crippen LogP contribution in [-0.2, 0) is 10.0 Å². The lowest BCUT2D eigenvalue weighted by Gasteiger charge is -2.14. The molecule has 0 amide bonds. The van der Waals surface area contributed by atoms with Crippen molar-refractivity contribution in [2.75, 3.05) is 31.7 Å². The Kier molecular flexibility index (Phi) is 4.55. The predicted molar refractivity (Wildman–Crippen MR) is 82.2 cm³/mol. The number of nitrogens with zero attached hydrogens (tertiary/aromatic N) is 1. The molecule has 0 bridgehead atoms. The third-order valence-electron chi connectivity index (χ3n) is 3.60. The first-order valence-electron chi connectivity index (χ1n) is 6.97. The lowest BCUT2D eigenvalue weighted by Crippen LogP contribution is -2.22. The van der Waals surface area contributed by atoms with E-state index in [1.165, 1.54) is 37.7 Å². The van der Waals surface area contributed by atoms with Crippen LogP contribution in [0.4, 0.5) is 11.4 Å². The van der Waals surface area contributed by atoms with Crippen LogP contribution in [0, 0.1) is 5.92 Å². The van der Waals surface area contributed by atoms with Gasteiger partial charge in [-0.1, -0.05) is 12.8 Å². The van der Waals surface area contributed by atoms with E-state index in [4.69, 9.17) is 5.73 Å². The Morgan fingerprint density at radius 1 is 1.35 bits per heavy atom. The molecule has 0 unspecified atom stereocenters. The summed E-state index contributed by atoms with van der Waals surface area (Å²) in [4.78, 5) is 0.265. The summed E-state index contributed by atoms with van der Waals surface area (Å²) >= 11 is 0. The molecule has 6 heteroatoms. The van der Waals surface area contributed by atoms with Gasteiger partial charge in [-0.25, -0.2) is 12.7 Å². The zero-order valence-electron chi connectivity index (χ0n) is 12.1. The molecular formula is C14H23N3O2S. The lowest BCUT2D eigenvalue weighted by atomic mass is 10.2. The average Bonchev–Trinajstić information content (AvgIpc) is 3.20. The number of benzene rings is 1. The first-order chi connectivity index (χ1) is 9.41. The first-order valence-corrected chi connectivity index (χ1v) is 8.41. The van der Waals surface area contributed by atoms with Gasteiger partial charge in [-0.3, -0.25) is 0 Å². The van der Waals surface area contributed by atoms with E-state index >= 15 is 0 Å². The van der Waals surface area contributed by atoms with Crippen molar-refractivity contribution in [3.8, 4) is 0 Å². The monoisotopic (exact) mass is 297 g/mol. The highest BCUT2D eigenvalue weighted by atomic mass is 32.2. The summed E-state index contributed by atoms with van der Waals surface area (Å²) in [5.74, 6) is 0.912. The third-order valence-corrected chi connectivity index (χ3v) is 5.42. The lowest BCUT2D eigenvalue weighted by molar-refractivity contribution is 0.521. The SMILES string of the molecule is CN(C)S(=O)(=O)c1ccc(N)c(NCCCC2CC2)c1. The van der Waals surface area contributed by atoms with Crippen molar-refractivity contribution in [1.82, 2.24) is 4.31 Å². The fourth-order valence-corrected chi connectivity index (χ4v) is 3.01. The van der Waals surface area contributed by atoms with Crippen molar-refractivity contribution < 1.29 is 8.42 Å². The van der Waals surface area contributed by atoms with Crippen molar-refractivity contribution in [3.05, 3.63) is 18.2 Å². The molecule has 0 atom stereocenters. The van der Waals surface area contributed by atoms with Gasteiger partial charge in [-0.15, -0.1) is 0 Å². The van der Waals surface area contributed by atoms with Crippen molar-refractivity contribution in [1.29, 1.82) is 0 Å². The Morgan fingerprint density at radius 3 is 2.65 bits per heavy atom. The Bertz CT molecular complexity index is 566. The smallest absolute Gasteiger partial charge is 0.242 e. The van der Waals surface area contributed by atoms with Gasteiger partial charge in [0.15, 0.2) is 0 Å². The third kappa shape index (κ3) is 3.64. The molecule has 1 saturated carbocycles. The molecule has 1 aromatic rings. The zero-order valence-corrected chi connectivity index (χ0v) is 12.9. The Hall–Kier alpha value is -1.27. The number of rotatable bonds is 7. The molecule has 20 heavy (non-hydrogen) atoms. The Morgan fingerprint density at radius 2 is 2.05 bits per heavy atom. The van der Waals surface area contributed by atoms with E-state index in [9.17, 15) is 8.42 Å². The van der Waals surface area contributed by atoms with Crippen molar-refractivity contribution in [2.45, 2.75) is 30.6 Å². The average molecular weight is 297 g/mol. The van der Waals surface area contributed by atoms with Gasteiger partial charge in [-0.2, -0.15) is 0 Å². The summed E-state index contributed by atoms with van der Waals surface area (Å²) in [6.45, 7) is 0.826. The number of hydrogen-bond acceptors (Lipinski definition) is 4. The summed E-state index contributed by atoms with van der Waals surface area (Å²) in [7, 11) is -0.368. The van der Waals surface area contributed by atoms with Crippen LogP contribution in [0.2, 0.25) is 0 Å². The van der Waals surface area contributed by atoms with Gasteiger partial charge in [0, 0.05) is 20.6 Å². The maximum absolute atomic E-state index is 12.1. The molecule has 2 rings (SSSR count). The molecular weight excluding hydrogens is 274 g/mol. The second-order valence-electron chi connectivity index (χ2n) is 5.55. The van der Waals surface area contributed by atoms with E-state index < -0.39 is 10.0 Å². The number of hydrogen-bond donors (Lipinski definition) is 2. The van der Waals surface area contributed by atoms with Crippen molar-refractivity contribution in [3.63, 3.8) is 0 Å². The summed E-state index contributed by atoms with van der Waals surface area (Å²) in [6, 6.07) is 4.79. The summed E-state index contributed by atoms with van der Waals surface area (Å²) in [6.07, 6.45) is 5.05. The highest BCUT2D eigenvalue weighted by Crippen LogP contribution is 2.33. The number of anilines is 2. The zero-order chi connectivity index (χ0) is 14.8. The van der Waals surface area contributed by atoms with Crippen LogP contribution in [0.15, 0.2) is 23.1 Å². The standard InChI is InChI=1S/C14H23N3O2S/c1-17(2)20(18,19)12-7-8-13(15)14(10-12)16-9-3-4-11-5-6-11/h7-8,10-11,16H,3-6,9,15H2,1-2H3. The van der Waals surface area contributed by atoms with Crippen LogP contribution >= 0.6 is 0 Å². The normalized spacial score (nSPS) is 15.6. The predicted octanol–water partition coefficient (Wildman–Crippen LogP) is 2.12. The fraction of sp³-hybridized carbons (Fsp3) is 0.571. The maximum Gasteiger partial charge on any atom is 0.242 e. The van der Waals surface area contributed by atoms with Crippen molar-refractivity contribution >= 4 is 21.4 Å². The van der Waals surface area contributed by atoms with E-state index in [1.54, 1.807) is 18.2 Å². The minimum Gasteiger partial charge on any atom is -0.397 e. The minimum atomic E-state index is -3.41. The first kappa shape index (κ1) is 15.1. The Labute approximate surface area is 121 Å². The molecule has 1 aromatic carbocycles. The van der Waals surface area contributed by atoms with Gasteiger partial charge >= 0.3 is 0 Å². The number of nitrogen functional groups attached to an aromatic ring is 1. The second-order valence-corrected chi connectivity index (χ2v) is 7.70. The number of sulfonamides is 1. The molecule has 0 heterocycles. The van der Waals surface area contributed by atoms with Gasteiger partial charge in [0.05, 0.1) is 16.3 Å². The van der Waals surface area contributed by atoms with Crippen molar-refractivity contribution in [2.24, 2.45) is 5.92 Å². The topological polar surface area (TPSA) is 75.4 Å². The molecule has 0 aliphatic heterocycles. The summed E-state index contributed by atoms with van der Waals surface area (Å²) in [5, 5.41) is 3.24. The van der Waals surface area contributed by atoms with E-state index in [0.717, 1.165) is 18.9 Å². The molecule has 1 aliphatic rings. The molecule has 0 spiro atoms. The van der Waals surface area contributed by atoms with E-state index in [0.29, 0.717) is 11.4 Å². The van der Waals surface area contributed by atoms with Crippen LogP contribution in [-0.4, -0.2) is 33.4 Å². The van der Waals surface area contributed by atoms with Crippen LogP contribution in [0.5, 0.6) is 0 Å². The molecule has 0 saturated heterocycles. The van der Waals surface area contributed by atoms with E-state index in [1.807, 2.05) is 0 Å². The highest BCUT2D eigenvalue weighted by molar-refractivity contribution is 7.89. The molecule has 3 N–H and O–H groups in total. The molecule has 1 fully saturated rings. The number of nitrogens with one attached hydrogen (secondary N) is 1. The van der Waals surface area contributed by atoms with Crippen LogP contribution < -0.4 is 11.1 Å². The quantitative estimate of drug-likeness (QED) is 0.597. The van der Waals surface area contributed by atoms with Crippen LogP contribution in [0.3, 0.4) is 0 Å². The van der Waals surface area contributed by atoms with E-state index in [2.05, 4.69) is 5.32 Å².